The summed E-state index contributed by atoms with van der Waals surface area (Å²) in [5.41, 5.74) is -0.265. The predicted molar refractivity (Wildman–Crippen MR) is 75.7 cm³/mol. The van der Waals surface area contributed by atoms with Crippen molar-refractivity contribution in [2.75, 3.05) is 20.1 Å². The molecule has 0 aromatic heterocycles. The highest BCUT2D eigenvalue weighted by Crippen LogP contribution is 2.16. The van der Waals surface area contributed by atoms with Crippen molar-refractivity contribution in [1.82, 2.24) is 15.5 Å². The monoisotopic (exact) mass is 269 g/mol. The standard InChI is InChI=1S/C14H27N3O2/c1-10-6-7-15-11(8-10)13(19)17(5)9-12(18)16-14(2,3)4/h10-11,15H,6-9H2,1-5H3,(H,16,18). The number of likely N-dealkylation sites (N-methyl/N-ethyl adjacent to an activating group) is 1. The van der Waals surface area contributed by atoms with E-state index in [1.165, 1.54) is 4.90 Å². The van der Waals surface area contributed by atoms with Crippen LogP contribution in [0.15, 0.2) is 0 Å². The molecule has 0 saturated carbocycles. The highest BCUT2D eigenvalue weighted by atomic mass is 16.2. The van der Waals surface area contributed by atoms with Gasteiger partial charge in [0.2, 0.25) is 11.8 Å². The molecule has 2 N–H and O–H groups in total. The normalized spacial score (nSPS) is 23.8. The summed E-state index contributed by atoms with van der Waals surface area (Å²) in [5.74, 6) is 0.454. The number of nitrogens with one attached hydrogen (secondary N) is 2. The molecule has 1 heterocycles. The number of hydrogen-bond donors (Lipinski definition) is 2. The fourth-order valence-corrected chi connectivity index (χ4v) is 2.31. The second-order valence-electron chi connectivity index (χ2n) is 6.63. The number of hydrogen-bond acceptors (Lipinski definition) is 3. The summed E-state index contributed by atoms with van der Waals surface area (Å²) < 4.78 is 0. The van der Waals surface area contributed by atoms with Crippen LogP contribution in [0.3, 0.4) is 0 Å². The lowest BCUT2D eigenvalue weighted by molar-refractivity contribution is -0.137. The van der Waals surface area contributed by atoms with E-state index in [9.17, 15) is 9.59 Å². The highest BCUT2D eigenvalue weighted by Gasteiger charge is 2.28. The van der Waals surface area contributed by atoms with Gasteiger partial charge < -0.3 is 15.5 Å². The van der Waals surface area contributed by atoms with Gasteiger partial charge in [-0.05, 0) is 46.1 Å². The van der Waals surface area contributed by atoms with Gasteiger partial charge in [-0.25, -0.2) is 0 Å². The Morgan fingerprint density at radius 2 is 2.00 bits per heavy atom. The summed E-state index contributed by atoms with van der Waals surface area (Å²) in [7, 11) is 1.69. The van der Waals surface area contributed by atoms with Crippen molar-refractivity contribution in [1.29, 1.82) is 0 Å². The predicted octanol–water partition coefficient (Wildman–Crippen LogP) is 0.748. The van der Waals surface area contributed by atoms with Gasteiger partial charge in [0.25, 0.3) is 0 Å². The minimum Gasteiger partial charge on any atom is -0.350 e. The Hall–Kier alpha value is -1.10. The third-order valence-electron chi connectivity index (χ3n) is 3.24. The van der Waals surface area contributed by atoms with Gasteiger partial charge in [0.15, 0.2) is 0 Å². The number of amides is 2. The van der Waals surface area contributed by atoms with E-state index >= 15 is 0 Å². The third kappa shape index (κ3) is 5.59. The van der Waals surface area contributed by atoms with Crippen molar-refractivity contribution in [2.24, 2.45) is 5.92 Å². The molecule has 5 heteroatoms. The molecule has 0 spiro atoms. The van der Waals surface area contributed by atoms with Gasteiger partial charge in [0, 0.05) is 12.6 Å². The van der Waals surface area contributed by atoms with Crippen LogP contribution in [-0.2, 0) is 9.59 Å². The molecule has 2 atom stereocenters. The van der Waals surface area contributed by atoms with E-state index in [1.54, 1.807) is 7.05 Å². The summed E-state index contributed by atoms with van der Waals surface area (Å²) in [6, 6.07) is -0.142. The molecule has 19 heavy (non-hydrogen) atoms. The minimum atomic E-state index is -0.265. The number of rotatable bonds is 3. The van der Waals surface area contributed by atoms with Gasteiger partial charge in [-0.2, -0.15) is 0 Å². The van der Waals surface area contributed by atoms with E-state index < -0.39 is 0 Å². The first kappa shape index (κ1) is 16.0. The summed E-state index contributed by atoms with van der Waals surface area (Å²) in [6.45, 7) is 8.93. The summed E-state index contributed by atoms with van der Waals surface area (Å²) >= 11 is 0. The maximum absolute atomic E-state index is 12.2. The number of carbonyl (C=O) groups excluding carboxylic acids is 2. The number of piperidine rings is 1. The Kier molecular flexibility index (Phi) is 5.35. The first-order valence-corrected chi connectivity index (χ1v) is 6.98. The van der Waals surface area contributed by atoms with E-state index in [0.717, 1.165) is 19.4 Å². The van der Waals surface area contributed by atoms with Crippen molar-refractivity contribution in [3.63, 3.8) is 0 Å². The van der Waals surface area contributed by atoms with Crippen molar-refractivity contribution < 1.29 is 9.59 Å². The fourth-order valence-electron chi connectivity index (χ4n) is 2.31. The van der Waals surface area contributed by atoms with Gasteiger partial charge in [-0.1, -0.05) is 6.92 Å². The second kappa shape index (κ2) is 6.37. The Morgan fingerprint density at radius 1 is 1.37 bits per heavy atom. The zero-order chi connectivity index (χ0) is 14.6. The molecule has 1 saturated heterocycles. The van der Waals surface area contributed by atoms with Crippen molar-refractivity contribution in [3.8, 4) is 0 Å². The van der Waals surface area contributed by atoms with Crippen LogP contribution < -0.4 is 10.6 Å². The lowest BCUT2D eigenvalue weighted by Crippen LogP contribution is -2.52. The molecule has 0 radical (unpaired) electrons. The molecule has 1 aliphatic rings. The number of nitrogens with zero attached hydrogens (tertiary/aromatic N) is 1. The van der Waals surface area contributed by atoms with Crippen LogP contribution in [-0.4, -0.2) is 48.4 Å². The van der Waals surface area contributed by atoms with Gasteiger partial charge >= 0.3 is 0 Å². The lowest BCUT2D eigenvalue weighted by atomic mass is 9.93. The number of carbonyl (C=O) groups is 2. The summed E-state index contributed by atoms with van der Waals surface area (Å²) in [5, 5.41) is 6.09. The molecule has 0 aromatic rings. The Morgan fingerprint density at radius 3 is 2.53 bits per heavy atom. The zero-order valence-electron chi connectivity index (χ0n) is 12.7. The van der Waals surface area contributed by atoms with E-state index in [1.807, 2.05) is 20.8 Å². The Balaban J connectivity index is 2.46. The maximum Gasteiger partial charge on any atom is 0.240 e. The van der Waals surface area contributed by atoms with Crippen LogP contribution in [0, 0.1) is 5.92 Å². The van der Waals surface area contributed by atoms with E-state index in [4.69, 9.17) is 0 Å². The van der Waals surface area contributed by atoms with E-state index in [0.29, 0.717) is 5.92 Å². The third-order valence-corrected chi connectivity index (χ3v) is 3.24. The summed E-state index contributed by atoms with van der Waals surface area (Å²) in [4.78, 5) is 25.5. The quantitative estimate of drug-likeness (QED) is 0.795. The topological polar surface area (TPSA) is 61.4 Å². The van der Waals surface area contributed by atoms with Crippen molar-refractivity contribution in [2.45, 2.75) is 52.1 Å². The Labute approximate surface area is 116 Å². The first-order chi connectivity index (χ1) is 8.69. The maximum atomic E-state index is 12.2. The lowest BCUT2D eigenvalue weighted by Gasteiger charge is -2.31. The van der Waals surface area contributed by atoms with Crippen LogP contribution in [0.2, 0.25) is 0 Å². The molecule has 2 unspecified atom stereocenters. The largest absolute Gasteiger partial charge is 0.350 e. The second-order valence-corrected chi connectivity index (χ2v) is 6.63. The van der Waals surface area contributed by atoms with Crippen LogP contribution in [0.4, 0.5) is 0 Å². The van der Waals surface area contributed by atoms with Gasteiger partial charge in [-0.15, -0.1) is 0 Å². The molecule has 0 bridgehead atoms. The average Bonchev–Trinajstić information content (AvgIpc) is 2.25. The zero-order valence-corrected chi connectivity index (χ0v) is 12.7. The molecular weight excluding hydrogens is 242 g/mol. The Bertz CT molecular complexity index is 336. The average molecular weight is 269 g/mol. The first-order valence-electron chi connectivity index (χ1n) is 6.98. The highest BCUT2D eigenvalue weighted by molar-refractivity contribution is 5.87. The molecule has 5 nitrogen and oxygen atoms in total. The minimum absolute atomic E-state index is 0.00982. The van der Waals surface area contributed by atoms with Gasteiger partial charge in [0.1, 0.15) is 0 Å². The SMILES string of the molecule is CC1CCNC(C(=O)N(C)CC(=O)NC(C)(C)C)C1. The van der Waals surface area contributed by atoms with Crippen molar-refractivity contribution in [3.05, 3.63) is 0 Å². The molecule has 0 aromatic carbocycles. The fraction of sp³-hybridized carbons (Fsp3) is 0.857. The van der Waals surface area contributed by atoms with Gasteiger partial charge in [0.05, 0.1) is 12.6 Å². The van der Waals surface area contributed by atoms with E-state index in [-0.39, 0.29) is 29.9 Å². The smallest absolute Gasteiger partial charge is 0.240 e. The van der Waals surface area contributed by atoms with Crippen molar-refractivity contribution >= 4 is 11.8 Å². The molecule has 2 amide bonds. The van der Waals surface area contributed by atoms with Crippen LogP contribution in [0.25, 0.3) is 0 Å². The van der Waals surface area contributed by atoms with Crippen LogP contribution >= 0.6 is 0 Å². The summed E-state index contributed by atoms with van der Waals surface area (Å²) in [6.07, 6.45) is 1.96. The van der Waals surface area contributed by atoms with Crippen LogP contribution in [0.5, 0.6) is 0 Å². The molecule has 1 rings (SSSR count). The molecular formula is C14H27N3O2. The molecule has 110 valence electrons. The van der Waals surface area contributed by atoms with Crippen LogP contribution in [0.1, 0.15) is 40.5 Å². The molecule has 1 fully saturated rings. The van der Waals surface area contributed by atoms with Gasteiger partial charge in [-0.3, -0.25) is 9.59 Å². The molecule has 0 aliphatic carbocycles. The molecule has 1 aliphatic heterocycles. The van der Waals surface area contributed by atoms with E-state index in [2.05, 4.69) is 17.6 Å².